The molecule has 0 N–H and O–H groups in total. The van der Waals surface area contributed by atoms with Gasteiger partial charge < -0.3 is 0 Å². The van der Waals surface area contributed by atoms with Gasteiger partial charge in [-0.1, -0.05) is 103 Å². The van der Waals surface area contributed by atoms with Crippen LogP contribution in [0.1, 0.15) is 96.0 Å². The van der Waals surface area contributed by atoms with E-state index in [0.717, 1.165) is 0 Å². The van der Waals surface area contributed by atoms with Gasteiger partial charge in [0.1, 0.15) is 4.08 Å². The second-order valence-electron chi connectivity index (χ2n) is 9.21. The smallest absolute Gasteiger partial charge is 0.111 e. The number of fused-ring (bicyclic) bond motifs is 1. The highest BCUT2D eigenvalue weighted by atomic mass is 32.2. The van der Waals surface area contributed by atoms with Gasteiger partial charge in [-0.25, -0.2) is 0 Å². The largest absolute Gasteiger partial charge is 0.134 e. The first kappa shape index (κ1) is 25.4. The molecule has 0 amide bonds. The minimum Gasteiger partial charge on any atom is -0.134 e. The van der Waals surface area contributed by atoms with Crippen LogP contribution in [0.25, 0.3) is 0 Å². The standard InChI is InChI=1S/C24H30S2.2C2H6/c1-17-6-8-18(9-7-17)24(25-14-15-26-24)19-10-11-20-21(16-19)23(4,5)13-12-22(20,2)3;2*1-2/h6-11,16H,12-15H2,1-5H3;2*1-2H3. The van der Waals surface area contributed by atoms with Gasteiger partial charge in [0.05, 0.1) is 0 Å². The molecule has 2 aromatic carbocycles. The van der Waals surface area contributed by atoms with E-state index in [4.69, 9.17) is 0 Å². The quantitative estimate of drug-likeness (QED) is 0.455. The molecule has 4 rings (SSSR count). The molecule has 1 heterocycles. The summed E-state index contributed by atoms with van der Waals surface area (Å²) in [7, 11) is 0. The van der Waals surface area contributed by atoms with Gasteiger partial charge in [-0.05, 0) is 52.8 Å². The van der Waals surface area contributed by atoms with E-state index in [9.17, 15) is 0 Å². The summed E-state index contributed by atoms with van der Waals surface area (Å²) in [6.45, 7) is 19.9. The maximum Gasteiger partial charge on any atom is 0.111 e. The summed E-state index contributed by atoms with van der Waals surface area (Å²) >= 11 is 4.23. The Morgan fingerprint density at radius 1 is 0.633 bits per heavy atom. The van der Waals surface area contributed by atoms with Crippen molar-refractivity contribution in [2.24, 2.45) is 0 Å². The zero-order valence-corrected chi connectivity index (χ0v) is 22.3. The fraction of sp³-hybridized carbons (Fsp3) is 0.571. The molecular weight excluding hydrogens is 400 g/mol. The molecule has 1 fully saturated rings. The van der Waals surface area contributed by atoms with Crippen LogP contribution in [0.2, 0.25) is 0 Å². The minimum atomic E-state index is 0.0560. The van der Waals surface area contributed by atoms with Crippen molar-refractivity contribution in [2.45, 2.75) is 90.1 Å². The number of benzene rings is 2. The van der Waals surface area contributed by atoms with Crippen molar-refractivity contribution in [2.75, 3.05) is 11.5 Å². The molecule has 2 heteroatoms. The highest BCUT2D eigenvalue weighted by molar-refractivity contribution is 8.20. The van der Waals surface area contributed by atoms with Crippen molar-refractivity contribution in [1.29, 1.82) is 0 Å². The first-order valence-electron chi connectivity index (χ1n) is 11.8. The Bertz CT molecular complexity index is 809. The van der Waals surface area contributed by atoms with Crippen LogP contribution < -0.4 is 0 Å². The number of thioether (sulfide) groups is 2. The molecule has 0 bridgehead atoms. The summed E-state index contributed by atoms with van der Waals surface area (Å²) in [5, 5.41) is 0. The van der Waals surface area contributed by atoms with Crippen LogP contribution in [-0.2, 0) is 14.9 Å². The minimum absolute atomic E-state index is 0.0560. The zero-order chi connectivity index (χ0) is 22.6. The Hall–Kier alpha value is -0.860. The van der Waals surface area contributed by atoms with E-state index in [-0.39, 0.29) is 14.9 Å². The van der Waals surface area contributed by atoms with E-state index < -0.39 is 0 Å². The number of aryl methyl sites for hydroxylation is 1. The second-order valence-corrected chi connectivity index (χ2v) is 12.1. The average Bonchev–Trinajstić information content (AvgIpc) is 3.26. The lowest BCUT2D eigenvalue weighted by Crippen LogP contribution is -2.34. The molecular formula is C28H42S2. The second kappa shape index (κ2) is 10.2. The van der Waals surface area contributed by atoms with E-state index in [0.29, 0.717) is 0 Å². The summed E-state index contributed by atoms with van der Waals surface area (Å²) < 4.78 is 0.0560. The first-order chi connectivity index (χ1) is 14.2. The van der Waals surface area contributed by atoms with Gasteiger partial charge in [0.15, 0.2) is 0 Å². The maximum atomic E-state index is 2.56. The van der Waals surface area contributed by atoms with E-state index >= 15 is 0 Å². The Kier molecular flexibility index (Phi) is 8.61. The van der Waals surface area contributed by atoms with Crippen LogP contribution in [0.4, 0.5) is 0 Å². The fourth-order valence-corrected chi connectivity index (χ4v) is 7.75. The van der Waals surface area contributed by atoms with Gasteiger partial charge in [0, 0.05) is 11.5 Å². The zero-order valence-electron chi connectivity index (χ0n) is 20.7. The Labute approximate surface area is 195 Å². The van der Waals surface area contributed by atoms with Gasteiger partial charge in [-0.2, -0.15) is 0 Å². The highest BCUT2D eigenvalue weighted by Crippen LogP contribution is 2.57. The molecule has 30 heavy (non-hydrogen) atoms. The third-order valence-corrected chi connectivity index (χ3v) is 9.90. The van der Waals surface area contributed by atoms with Crippen molar-refractivity contribution in [3.63, 3.8) is 0 Å². The first-order valence-corrected chi connectivity index (χ1v) is 13.7. The highest BCUT2D eigenvalue weighted by Gasteiger charge is 2.42. The molecule has 0 saturated carbocycles. The van der Waals surface area contributed by atoms with Gasteiger partial charge >= 0.3 is 0 Å². The molecule has 1 aliphatic heterocycles. The predicted octanol–water partition coefficient (Wildman–Crippen LogP) is 9.08. The van der Waals surface area contributed by atoms with Gasteiger partial charge in [0.2, 0.25) is 0 Å². The van der Waals surface area contributed by atoms with Crippen molar-refractivity contribution >= 4 is 23.5 Å². The molecule has 2 aliphatic rings. The molecule has 1 saturated heterocycles. The van der Waals surface area contributed by atoms with Crippen LogP contribution >= 0.6 is 23.5 Å². The molecule has 0 unspecified atom stereocenters. The van der Waals surface area contributed by atoms with Gasteiger partial charge in [-0.15, -0.1) is 23.5 Å². The molecule has 0 spiro atoms. The molecule has 0 aromatic heterocycles. The SMILES string of the molecule is CC.CC.Cc1ccc(C2(c3ccc4c(c3)C(C)(C)CCC4(C)C)SCCS2)cc1. The summed E-state index contributed by atoms with van der Waals surface area (Å²) in [5.74, 6) is 2.45. The van der Waals surface area contributed by atoms with E-state index in [1.165, 1.54) is 41.0 Å². The van der Waals surface area contributed by atoms with Crippen LogP contribution in [0.5, 0.6) is 0 Å². The van der Waals surface area contributed by atoms with Crippen LogP contribution in [0, 0.1) is 6.92 Å². The van der Waals surface area contributed by atoms with Crippen LogP contribution in [0.3, 0.4) is 0 Å². The van der Waals surface area contributed by atoms with E-state index in [2.05, 4.69) is 101 Å². The predicted molar refractivity (Wildman–Crippen MR) is 141 cm³/mol. The van der Waals surface area contributed by atoms with Gasteiger partial charge in [0.25, 0.3) is 0 Å². The van der Waals surface area contributed by atoms with Crippen molar-refractivity contribution < 1.29 is 0 Å². The molecule has 0 nitrogen and oxygen atoms in total. The lowest BCUT2D eigenvalue weighted by Gasteiger charge is -2.43. The number of rotatable bonds is 2. The van der Waals surface area contributed by atoms with E-state index in [1.54, 1.807) is 11.1 Å². The third-order valence-electron chi connectivity index (χ3n) is 6.36. The fourth-order valence-electron chi connectivity index (χ4n) is 4.48. The Balaban J connectivity index is 0.000000757. The maximum absolute atomic E-state index is 2.56. The summed E-state index contributed by atoms with van der Waals surface area (Å²) in [4.78, 5) is 0. The lowest BCUT2D eigenvalue weighted by molar-refractivity contribution is 0.331. The normalized spacial score (nSPS) is 20.2. The van der Waals surface area contributed by atoms with Crippen molar-refractivity contribution in [1.82, 2.24) is 0 Å². The average molecular weight is 443 g/mol. The summed E-state index contributed by atoms with van der Waals surface area (Å²) in [5.41, 5.74) is 7.96. The van der Waals surface area contributed by atoms with Crippen molar-refractivity contribution in [3.05, 3.63) is 70.3 Å². The van der Waals surface area contributed by atoms with Crippen LogP contribution in [-0.4, -0.2) is 11.5 Å². The molecule has 166 valence electrons. The Morgan fingerprint density at radius 2 is 1.10 bits per heavy atom. The molecule has 0 radical (unpaired) electrons. The summed E-state index contributed by atoms with van der Waals surface area (Å²) in [6, 6.07) is 16.6. The molecule has 0 atom stereocenters. The molecule has 2 aromatic rings. The Morgan fingerprint density at radius 3 is 1.63 bits per heavy atom. The number of hydrogen-bond donors (Lipinski definition) is 0. The topological polar surface area (TPSA) is 0 Å². The number of hydrogen-bond acceptors (Lipinski definition) is 2. The monoisotopic (exact) mass is 442 g/mol. The van der Waals surface area contributed by atoms with Crippen molar-refractivity contribution in [3.8, 4) is 0 Å². The van der Waals surface area contributed by atoms with Crippen LogP contribution in [0.15, 0.2) is 42.5 Å². The van der Waals surface area contributed by atoms with E-state index in [1.807, 2.05) is 27.7 Å². The summed E-state index contributed by atoms with van der Waals surface area (Å²) in [6.07, 6.45) is 2.55. The lowest BCUT2D eigenvalue weighted by atomic mass is 9.63. The molecule has 1 aliphatic carbocycles. The van der Waals surface area contributed by atoms with Gasteiger partial charge in [-0.3, -0.25) is 0 Å². The third kappa shape index (κ3) is 4.80.